The summed E-state index contributed by atoms with van der Waals surface area (Å²) in [5, 5.41) is 9.30. The Bertz CT molecular complexity index is 451. The molecule has 1 fully saturated rings. The van der Waals surface area contributed by atoms with Gasteiger partial charge in [0.1, 0.15) is 5.75 Å². The zero-order chi connectivity index (χ0) is 15.3. The number of nitrogen functional groups attached to an aromatic ring is 1. The van der Waals surface area contributed by atoms with E-state index in [0.717, 1.165) is 31.8 Å². The van der Waals surface area contributed by atoms with Crippen LogP contribution in [0.15, 0.2) is 24.3 Å². The van der Waals surface area contributed by atoms with Gasteiger partial charge in [-0.05, 0) is 32.4 Å². The molecule has 1 aromatic carbocycles. The first-order valence-electron chi connectivity index (χ1n) is 7.48. The fraction of sp³-hybridized carbons (Fsp3) is 0.625. The summed E-state index contributed by atoms with van der Waals surface area (Å²) < 4.78 is 11.5. The van der Waals surface area contributed by atoms with Crippen molar-refractivity contribution in [1.82, 2.24) is 4.90 Å². The van der Waals surface area contributed by atoms with Gasteiger partial charge in [0.25, 0.3) is 0 Å². The maximum absolute atomic E-state index is 9.30. The van der Waals surface area contributed by atoms with E-state index in [9.17, 15) is 5.11 Å². The number of hydrogen-bond acceptors (Lipinski definition) is 5. The van der Waals surface area contributed by atoms with Crippen LogP contribution >= 0.6 is 0 Å². The predicted octanol–water partition coefficient (Wildman–Crippen LogP) is 1.51. The lowest BCUT2D eigenvalue weighted by Gasteiger charge is -2.42. The van der Waals surface area contributed by atoms with Gasteiger partial charge < -0.3 is 20.3 Å². The first-order chi connectivity index (χ1) is 10.00. The minimum absolute atomic E-state index is 0.0664. The highest BCUT2D eigenvalue weighted by Gasteiger charge is 2.32. The smallest absolute Gasteiger partial charge is 0.142 e. The third-order valence-corrected chi connectivity index (χ3v) is 3.55. The van der Waals surface area contributed by atoms with Crippen molar-refractivity contribution < 1.29 is 14.6 Å². The van der Waals surface area contributed by atoms with Gasteiger partial charge in [0.15, 0.2) is 0 Å². The van der Waals surface area contributed by atoms with Gasteiger partial charge >= 0.3 is 0 Å². The van der Waals surface area contributed by atoms with E-state index in [2.05, 4.69) is 18.7 Å². The molecule has 0 spiro atoms. The maximum atomic E-state index is 9.30. The number of morpholine rings is 1. The standard InChI is InChI=1S/C16H26N2O3/c1-16(2)12-18(10-13(11-19)21-16)8-5-9-20-15-7-4-3-6-14(15)17/h3-4,6-7,13,19H,5,8-12,17H2,1-2H3. The largest absolute Gasteiger partial charge is 0.491 e. The molecule has 5 nitrogen and oxygen atoms in total. The molecule has 118 valence electrons. The minimum atomic E-state index is -0.212. The summed E-state index contributed by atoms with van der Waals surface area (Å²) in [6.07, 6.45) is 0.821. The van der Waals surface area contributed by atoms with Crippen LogP contribution in [0.4, 0.5) is 5.69 Å². The molecule has 1 heterocycles. The Hall–Kier alpha value is -1.30. The average Bonchev–Trinajstić information content (AvgIpc) is 2.43. The highest BCUT2D eigenvalue weighted by Crippen LogP contribution is 2.22. The van der Waals surface area contributed by atoms with Gasteiger partial charge in [-0.1, -0.05) is 12.1 Å². The molecule has 0 aromatic heterocycles. The molecular weight excluding hydrogens is 268 g/mol. The Morgan fingerprint density at radius 2 is 2.19 bits per heavy atom. The Kier molecular flexibility index (Phi) is 5.45. The molecule has 0 amide bonds. The summed E-state index contributed by atoms with van der Waals surface area (Å²) >= 11 is 0. The average molecular weight is 294 g/mol. The molecular formula is C16H26N2O3. The van der Waals surface area contributed by atoms with E-state index >= 15 is 0 Å². The van der Waals surface area contributed by atoms with Crippen molar-refractivity contribution in [3.05, 3.63) is 24.3 Å². The van der Waals surface area contributed by atoms with Crippen molar-refractivity contribution in [2.45, 2.75) is 32.0 Å². The quantitative estimate of drug-likeness (QED) is 0.615. The number of nitrogens with zero attached hydrogens (tertiary/aromatic N) is 1. The zero-order valence-corrected chi connectivity index (χ0v) is 12.9. The molecule has 1 aliphatic heterocycles. The van der Waals surface area contributed by atoms with E-state index in [4.69, 9.17) is 15.2 Å². The normalized spacial score (nSPS) is 22.1. The molecule has 21 heavy (non-hydrogen) atoms. The van der Waals surface area contributed by atoms with E-state index in [1.54, 1.807) is 0 Å². The first kappa shape index (κ1) is 16.1. The molecule has 3 N–H and O–H groups in total. The van der Waals surface area contributed by atoms with Crippen molar-refractivity contribution in [2.75, 3.05) is 38.6 Å². The van der Waals surface area contributed by atoms with Crippen LogP contribution < -0.4 is 10.5 Å². The van der Waals surface area contributed by atoms with Crippen molar-refractivity contribution in [1.29, 1.82) is 0 Å². The Balaban J connectivity index is 1.74. The topological polar surface area (TPSA) is 68.0 Å². The molecule has 1 saturated heterocycles. The van der Waals surface area contributed by atoms with Gasteiger partial charge in [-0.3, -0.25) is 4.90 Å². The van der Waals surface area contributed by atoms with E-state index in [-0.39, 0.29) is 18.3 Å². The summed E-state index contributed by atoms with van der Waals surface area (Å²) in [6.45, 7) is 7.39. The number of nitrogens with two attached hydrogens (primary N) is 1. The lowest BCUT2D eigenvalue weighted by Crippen LogP contribution is -2.54. The van der Waals surface area contributed by atoms with Crippen molar-refractivity contribution in [2.24, 2.45) is 0 Å². The summed E-state index contributed by atoms with van der Waals surface area (Å²) in [5.74, 6) is 0.744. The van der Waals surface area contributed by atoms with Crippen LogP contribution in [-0.4, -0.2) is 54.6 Å². The van der Waals surface area contributed by atoms with Gasteiger partial charge in [-0.15, -0.1) is 0 Å². The second kappa shape index (κ2) is 7.11. The second-order valence-electron chi connectivity index (χ2n) is 6.16. The van der Waals surface area contributed by atoms with Gasteiger partial charge in [-0.2, -0.15) is 0 Å². The number of aliphatic hydroxyl groups excluding tert-OH is 1. The third kappa shape index (κ3) is 4.88. The molecule has 1 aliphatic rings. The van der Waals surface area contributed by atoms with Gasteiger partial charge in [0.05, 0.1) is 30.6 Å². The summed E-state index contributed by atoms with van der Waals surface area (Å²) in [7, 11) is 0. The van der Waals surface area contributed by atoms with Gasteiger partial charge in [-0.25, -0.2) is 0 Å². The lowest BCUT2D eigenvalue weighted by molar-refractivity contribution is -0.149. The fourth-order valence-corrected chi connectivity index (χ4v) is 2.76. The van der Waals surface area contributed by atoms with Crippen LogP contribution in [0, 0.1) is 0 Å². The molecule has 2 rings (SSSR count). The lowest BCUT2D eigenvalue weighted by atomic mass is 10.1. The Morgan fingerprint density at radius 1 is 1.43 bits per heavy atom. The molecule has 1 unspecified atom stereocenters. The molecule has 0 saturated carbocycles. The fourth-order valence-electron chi connectivity index (χ4n) is 2.76. The van der Waals surface area contributed by atoms with Gasteiger partial charge in [0.2, 0.25) is 0 Å². The number of benzene rings is 1. The summed E-state index contributed by atoms with van der Waals surface area (Å²) in [6, 6.07) is 7.54. The second-order valence-corrected chi connectivity index (χ2v) is 6.16. The van der Waals surface area contributed by atoms with E-state index < -0.39 is 0 Å². The van der Waals surface area contributed by atoms with Crippen LogP contribution in [0.25, 0.3) is 0 Å². The number of ether oxygens (including phenoxy) is 2. The van der Waals surface area contributed by atoms with E-state index in [1.165, 1.54) is 0 Å². The number of hydrogen-bond donors (Lipinski definition) is 2. The maximum Gasteiger partial charge on any atom is 0.142 e. The number of aliphatic hydroxyl groups is 1. The van der Waals surface area contributed by atoms with E-state index in [1.807, 2.05) is 24.3 Å². The summed E-state index contributed by atoms with van der Waals surface area (Å²) in [5.41, 5.74) is 6.30. The number of rotatable bonds is 6. The van der Waals surface area contributed by atoms with Crippen LogP contribution in [0.1, 0.15) is 20.3 Å². The number of anilines is 1. The van der Waals surface area contributed by atoms with E-state index in [0.29, 0.717) is 12.3 Å². The van der Waals surface area contributed by atoms with Crippen molar-refractivity contribution in [3.63, 3.8) is 0 Å². The SMILES string of the molecule is CC1(C)CN(CCCOc2ccccc2N)CC(CO)O1. The van der Waals surface area contributed by atoms with Crippen LogP contribution in [0.3, 0.4) is 0 Å². The highest BCUT2D eigenvalue weighted by molar-refractivity contribution is 5.51. The van der Waals surface area contributed by atoms with Gasteiger partial charge in [0, 0.05) is 19.6 Å². The summed E-state index contributed by atoms with van der Waals surface area (Å²) in [4.78, 5) is 2.32. The molecule has 0 bridgehead atoms. The monoisotopic (exact) mass is 294 g/mol. The third-order valence-electron chi connectivity index (χ3n) is 3.55. The van der Waals surface area contributed by atoms with Crippen LogP contribution in [0.2, 0.25) is 0 Å². The Labute approximate surface area is 126 Å². The molecule has 1 aromatic rings. The molecule has 5 heteroatoms. The molecule has 1 atom stereocenters. The van der Waals surface area contributed by atoms with Crippen molar-refractivity contribution >= 4 is 5.69 Å². The molecule has 0 aliphatic carbocycles. The van der Waals surface area contributed by atoms with Crippen LogP contribution in [-0.2, 0) is 4.74 Å². The Morgan fingerprint density at radius 3 is 2.90 bits per heavy atom. The zero-order valence-electron chi connectivity index (χ0n) is 12.9. The minimum Gasteiger partial charge on any atom is -0.491 e. The van der Waals surface area contributed by atoms with Crippen LogP contribution in [0.5, 0.6) is 5.75 Å². The predicted molar refractivity (Wildman–Crippen MR) is 83.4 cm³/mol. The first-order valence-corrected chi connectivity index (χ1v) is 7.48. The molecule has 0 radical (unpaired) electrons. The van der Waals surface area contributed by atoms with Crippen molar-refractivity contribution in [3.8, 4) is 5.75 Å². The highest BCUT2D eigenvalue weighted by atomic mass is 16.5. The number of para-hydroxylation sites is 2.